The second-order valence-corrected chi connectivity index (χ2v) is 11.8. The lowest BCUT2D eigenvalue weighted by Gasteiger charge is -2.42. The molecule has 100 valence electrons. The highest BCUT2D eigenvalue weighted by Crippen LogP contribution is 2.42. The van der Waals surface area contributed by atoms with Crippen molar-refractivity contribution in [2.24, 2.45) is 0 Å². The first-order valence-corrected chi connectivity index (χ1v) is 10.2. The third-order valence-electron chi connectivity index (χ3n) is 3.97. The van der Waals surface area contributed by atoms with Crippen LogP contribution in [-0.4, -0.2) is 18.8 Å². The van der Waals surface area contributed by atoms with E-state index in [0.29, 0.717) is 0 Å². The third-order valence-corrected chi connectivity index (χ3v) is 6.66. The van der Waals surface area contributed by atoms with E-state index in [0.717, 1.165) is 0 Å². The zero-order valence-electron chi connectivity index (χ0n) is 12.3. The molecule has 0 bridgehead atoms. The summed E-state index contributed by atoms with van der Waals surface area (Å²) in [6.07, 6.45) is 1.95. The van der Waals surface area contributed by atoms with Crippen LogP contribution in [0.5, 0.6) is 0 Å². The topological polar surface area (TPSA) is 20.2 Å². The normalized spacial score (nSPS) is 18.8. The Morgan fingerprint density at radius 1 is 1.22 bits per heavy atom. The maximum absolute atomic E-state index is 11.0. The van der Waals surface area contributed by atoms with Gasteiger partial charge in [-0.1, -0.05) is 63.0 Å². The number of hydrogen-bond donors (Lipinski definition) is 1. The molecule has 0 spiro atoms. The van der Waals surface area contributed by atoms with Gasteiger partial charge >= 0.3 is 0 Å². The Hall–Kier alpha value is -0.863. The van der Waals surface area contributed by atoms with E-state index in [1.165, 1.54) is 5.56 Å². The van der Waals surface area contributed by atoms with E-state index >= 15 is 0 Å². The summed E-state index contributed by atoms with van der Waals surface area (Å²) in [5.41, 5.74) is 0.626. The largest absolute Gasteiger partial charge is 0.389 e. The smallest absolute Gasteiger partial charge is 0.0723 e. The summed E-state index contributed by atoms with van der Waals surface area (Å²) in [4.78, 5) is 0. The highest BCUT2D eigenvalue weighted by molar-refractivity contribution is 6.78. The molecule has 1 nitrogen and oxygen atoms in total. The van der Waals surface area contributed by atoms with Gasteiger partial charge in [0.1, 0.15) is 0 Å². The van der Waals surface area contributed by atoms with Crippen molar-refractivity contribution < 1.29 is 5.11 Å². The van der Waals surface area contributed by atoms with Gasteiger partial charge in [-0.2, -0.15) is 0 Å². The van der Waals surface area contributed by atoms with Crippen LogP contribution in [0.15, 0.2) is 43.0 Å². The Morgan fingerprint density at radius 3 is 2.11 bits per heavy atom. The van der Waals surface area contributed by atoms with Gasteiger partial charge in [0.25, 0.3) is 0 Å². The highest BCUT2D eigenvalue weighted by Gasteiger charge is 2.43. The zero-order valence-corrected chi connectivity index (χ0v) is 13.3. The van der Waals surface area contributed by atoms with E-state index in [1.807, 2.05) is 31.2 Å². The van der Waals surface area contributed by atoms with Crippen LogP contribution in [0.4, 0.5) is 0 Å². The third kappa shape index (κ3) is 3.12. The van der Waals surface area contributed by atoms with E-state index < -0.39 is 13.7 Å². The molecular weight excluding hydrogens is 236 g/mol. The molecule has 0 aliphatic heterocycles. The number of rotatable bonds is 5. The van der Waals surface area contributed by atoms with E-state index in [1.54, 1.807) is 0 Å². The second kappa shape index (κ2) is 5.41. The monoisotopic (exact) mass is 262 g/mol. The van der Waals surface area contributed by atoms with Crippen LogP contribution >= 0.6 is 0 Å². The first kappa shape index (κ1) is 15.2. The molecular formula is C16H26OSi. The van der Waals surface area contributed by atoms with Crippen LogP contribution in [0, 0.1) is 0 Å². The number of benzene rings is 1. The molecule has 18 heavy (non-hydrogen) atoms. The molecule has 0 saturated carbocycles. The summed E-state index contributed by atoms with van der Waals surface area (Å²) in [5, 5.41) is 11.0. The van der Waals surface area contributed by atoms with Crippen molar-refractivity contribution in [2.45, 2.75) is 50.5 Å². The van der Waals surface area contributed by atoms with Crippen molar-refractivity contribution in [3.63, 3.8) is 0 Å². The van der Waals surface area contributed by atoms with Gasteiger partial charge in [-0.05, 0) is 12.5 Å². The van der Waals surface area contributed by atoms with Crippen LogP contribution in [0.2, 0.25) is 25.2 Å². The lowest BCUT2D eigenvalue weighted by atomic mass is 9.82. The van der Waals surface area contributed by atoms with Crippen molar-refractivity contribution in [1.82, 2.24) is 0 Å². The van der Waals surface area contributed by atoms with E-state index in [9.17, 15) is 5.11 Å². The lowest BCUT2D eigenvalue weighted by molar-refractivity contribution is 0.0375. The summed E-state index contributed by atoms with van der Waals surface area (Å²) >= 11 is 0. The molecule has 0 aromatic heterocycles. The SMILES string of the molecule is C=C[C@H]([C@@](C)(O)C(C)c1ccccc1)[Si](C)(C)C. The molecule has 0 aliphatic carbocycles. The summed E-state index contributed by atoms with van der Waals surface area (Å²) in [6.45, 7) is 14.9. The van der Waals surface area contributed by atoms with Gasteiger partial charge in [-0.25, -0.2) is 0 Å². The van der Waals surface area contributed by atoms with Crippen LogP contribution in [0.3, 0.4) is 0 Å². The summed E-state index contributed by atoms with van der Waals surface area (Å²) in [5.74, 6) is 0.105. The summed E-state index contributed by atoms with van der Waals surface area (Å²) in [6, 6.07) is 10.2. The van der Waals surface area contributed by atoms with Crippen LogP contribution in [0.25, 0.3) is 0 Å². The molecule has 1 N–H and O–H groups in total. The first-order chi connectivity index (χ1) is 8.21. The molecule has 0 fully saturated rings. The Kier molecular flexibility index (Phi) is 4.57. The molecule has 1 aromatic carbocycles. The Morgan fingerprint density at radius 2 is 1.72 bits per heavy atom. The number of hydrogen-bond acceptors (Lipinski definition) is 1. The van der Waals surface area contributed by atoms with E-state index in [4.69, 9.17) is 0 Å². The predicted octanol–water partition coefficient (Wildman–Crippen LogP) is 4.44. The van der Waals surface area contributed by atoms with Crippen molar-refractivity contribution in [1.29, 1.82) is 0 Å². The fraction of sp³-hybridized carbons (Fsp3) is 0.500. The average molecular weight is 262 g/mol. The molecule has 2 heteroatoms. The molecule has 0 aliphatic rings. The minimum Gasteiger partial charge on any atom is -0.389 e. The molecule has 3 atom stereocenters. The Bertz CT molecular complexity index is 389. The van der Waals surface area contributed by atoms with E-state index in [2.05, 4.69) is 45.3 Å². The van der Waals surface area contributed by atoms with Crippen LogP contribution in [-0.2, 0) is 0 Å². The fourth-order valence-electron chi connectivity index (χ4n) is 2.82. The first-order valence-electron chi connectivity index (χ1n) is 6.61. The molecule has 0 saturated heterocycles. The fourth-order valence-corrected chi connectivity index (χ4v) is 5.53. The van der Waals surface area contributed by atoms with Gasteiger partial charge in [0.05, 0.1) is 13.7 Å². The van der Waals surface area contributed by atoms with Gasteiger partial charge in [-0.3, -0.25) is 0 Å². The van der Waals surface area contributed by atoms with Crippen LogP contribution < -0.4 is 0 Å². The van der Waals surface area contributed by atoms with Gasteiger partial charge in [0.15, 0.2) is 0 Å². The van der Waals surface area contributed by atoms with Crippen LogP contribution in [0.1, 0.15) is 25.3 Å². The van der Waals surface area contributed by atoms with Crippen molar-refractivity contribution >= 4 is 8.07 Å². The Balaban J connectivity index is 3.09. The minimum absolute atomic E-state index is 0.105. The van der Waals surface area contributed by atoms with Crippen molar-refractivity contribution in [3.8, 4) is 0 Å². The minimum atomic E-state index is -1.49. The van der Waals surface area contributed by atoms with Crippen molar-refractivity contribution in [2.75, 3.05) is 0 Å². The molecule has 1 aromatic rings. The molecule has 0 amide bonds. The lowest BCUT2D eigenvalue weighted by Crippen LogP contribution is -2.46. The second-order valence-electron chi connectivity index (χ2n) is 6.44. The molecule has 0 heterocycles. The summed E-state index contributed by atoms with van der Waals surface area (Å²) in [7, 11) is -1.49. The van der Waals surface area contributed by atoms with Gasteiger partial charge in [0.2, 0.25) is 0 Å². The molecule has 1 unspecified atom stereocenters. The molecule has 1 rings (SSSR count). The maximum Gasteiger partial charge on any atom is 0.0723 e. The quantitative estimate of drug-likeness (QED) is 0.614. The Labute approximate surface area is 113 Å². The molecule has 0 radical (unpaired) electrons. The van der Waals surface area contributed by atoms with Gasteiger partial charge in [0, 0.05) is 11.5 Å². The van der Waals surface area contributed by atoms with Gasteiger partial charge in [-0.15, -0.1) is 6.58 Å². The maximum atomic E-state index is 11.0. The predicted molar refractivity (Wildman–Crippen MR) is 82.8 cm³/mol. The van der Waals surface area contributed by atoms with Crippen molar-refractivity contribution in [3.05, 3.63) is 48.6 Å². The van der Waals surface area contributed by atoms with E-state index in [-0.39, 0.29) is 11.5 Å². The number of aliphatic hydroxyl groups is 1. The summed E-state index contributed by atoms with van der Waals surface area (Å²) < 4.78 is 0. The zero-order chi connectivity index (χ0) is 14.0. The highest BCUT2D eigenvalue weighted by atomic mass is 28.3. The average Bonchev–Trinajstić information content (AvgIpc) is 2.27. The van der Waals surface area contributed by atoms with Gasteiger partial charge < -0.3 is 5.11 Å². The standard InChI is InChI=1S/C16H26OSi/c1-7-15(18(4,5)6)16(3,17)13(2)14-11-9-8-10-12-14/h7-13,15,17H,1H2,2-6H3/t13?,15-,16+/m1/s1.